The van der Waals surface area contributed by atoms with E-state index in [1.807, 2.05) is 6.92 Å². The number of primary sulfonamides is 1. The van der Waals surface area contributed by atoms with Crippen LogP contribution in [0.25, 0.3) is 0 Å². The molecule has 2 rings (SSSR count). The highest BCUT2D eigenvalue weighted by Gasteiger charge is 2.16. The Kier molecular flexibility index (Phi) is 4.55. The Bertz CT molecular complexity index is 738. The van der Waals surface area contributed by atoms with E-state index >= 15 is 0 Å². The van der Waals surface area contributed by atoms with Gasteiger partial charge in [-0.1, -0.05) is 6.07 Å². The van der Waals surface area contributed by atoms with Crippen LogP contribution >= 0.6 is 11.3 Å². The summed E-state index contributed by atoms with van der Waals surface area (Å²) in [5.74, 6) is 0. The van der Waals surface area contributed by atoms with Crippen LogP contribution in [0.4, 0.5) is 11.4 Å². The zero-order valence-electron chi connectivity index (χ0n) is 12.0. The normalized spacial score (nSPS) is 13.1. The molecule has 0 fully saturated rings. The zero-order chi connectivity index (χ0) is 15.6. The summed E-state index contributed by atoms with van der Waals surface area (Å²) >= 11 is 1.75. The second-order valence-electron chi connectivity index (χ2n) is 5.02. The smallest absolute Gasteiger partial charge is 0.240 e. The first kappa shape index (κ1) is 15.8. The van der Waals surface area contributed by atoms with Crippen molar-refractivity contribution >= 4 is 32.7 Å². The molecule has 0 radical (unpaired) electrons. The zero-order valence-corrected chi connectivity index (χ0v) is 13.6. The fourth-order valence-electron chi connectivity index (χ4n) is 2.13. The van der Waals surface area contributed by atoms with Crippen molar-refractivity contribution in [3.8, 4) is 0 Å². The quantitative estimate of drug-likeness (QED) is 0.735. The summed E-state index contributed by atoms with van der Waals surface area (Å²) in [6.07, 6.45) is 0.845. The van der Waals surface area contributed by atoms with Crippen molar-refractivity contribution < 1.29 is 8.42 Å². The Balaban J connectivity index is 2.16. The SMILES string of the molecule is Cc1ccc(CC(C)Nc2cccc(S(N)(=O)=O)c2N)s1. The van der Waals surface area contributed by atoms with Gasteiger partial charge in [0.1, 0.15) is 4.90 Å². The van der Waals surface area contributed by atoms with Crippen LogP contribution in [0.5, 0.6) is 0 Å². The third-order valence-electron chi connectivity index (χ3n) is 3.08. The van der Waals surface area contributed by atoms with E-state index in [1.165, 1.54) is 15.8 Å². The molecule has 0 amide bonds. The van der Waals surface area contributed by atoms with Crippen LogP contribution in [0, 0.1) is 6.92 Å². The number of nitrogen functional groups attached to an aromatic ring is 1. The molecule has 0 aliphatic carbocycles. The van der Waals surface area contributed by atoms with Crippen molar-refractivity contribution in [2.45, 2.75) is 31.2 Å². The average Bonchev–Trinajstić information content (AvgIpc) is 2.75. The second-order valence-corrected chi connectivity index (χ2v) is 7.93. The molecule has 1 heterocycles. The lowest BCUT2D eigenvalue weighted by atomic mass is 10.2. The molecule has 0 saturated carbocycles. The first-order valence-corrected chi connectivity index (χ1v) is 8.87. The van der Waals surface area contributed by atoms with Crippen molar-refractivity contribution in [2.75, 3.05) is 11.1 Å². The minimum Gasteiger partial charge on any atom is -0.396 e. The second kappa shape index (κ2) is 6.05. The van der Waals surface area contributed by atoms with Gasteiger partial charge in [0, 0.05) is 22.2 Å². The Labute approximate surface area is 129 Å². The molecule has 0 aliphatic rings. The van der Waals surface area contributed by atoms with E-state index in [-0.39, 0.29) is 16.6 Å². The first-order chi connectivity index (χ1) is 9.77. The third-order valence-corrected chi connectivity index (χ3v) is 5.07. The molecule has 2 aromatic rings. The van der Waals surface area contributed by atoms with Gasteiger partial charge in [-0.05, 0) is 38.1 Å². The molecule has 1 aromatic heterocycles. The Morgan fingerprint density at radius 1 is 1.29 bits per heavy atom. The number of anilines is 2. The van der Waals surface area contributed by atoms with Crippen molar-refractivity contribution in [2.24, 2.45) is 5.14 Å². The number of hydrogen-bond donors (Lipinski definition) is 3. The van der Waals surface area contributed by atoms with Crippen LogP contribution < -0.4 is 16.2 Å². The third kappa shape index (κ3) is 3.96. The molecule has 114 valence electrons. The van der Waals surface area contributed by atoms with Crippen molar-refractivity contribution in [1.29, 1.82) is 0 Å². The number of nitrogens with two attached hydrogens (primary N) is 2. The van der Waals surface area contributed by atoms with Crippen LogP contribution in [-0.2, 0) is 16.4 Å². The monoisotopic (exact) mass is 325 g/mol. The number of nitrogens with one attached hydrogen (secondary N) is 1. The largest absolute Gasteiger partial charge is 0.396 e. The maximum absolute atomic E-state index is 11.5. The number of benzene rings is 1. The Morgan fingerprint density at radius 3 is 2.57 bits per heavy atom. The van der Waals surface area contributed by atoms with Crippen molar-refractivity contribution in [3.05, 3.63) is 40.1 Å². The van der Waals surface area contributed by atoms with Gasteiger partial charge in [-0.3, -0.25) is 0 Å². The van der Waals surface area contributed by atoms with Gasteiger partial charge in [-0.2, -0.15) is 0 Å². The summed E-state index contributed by atoms with van der Waals surface area (Å²) in [7, 11) is -3.81. The van der Waals surface area contributed by atoms with E-state index in [2.05, 4.69) is 24.4 Å². The van der Waals surface area contributed by atoms with Crippen molar-refractivity contribution in [3.63, 3.8) is 0 Å². The molecule has 0 bridgehead atoms. The minimum absolute atomic E-state index is 0.0494. The Morgan fingerprint density at radius 2 is 2.00 bits per heavy atom. The summed E-state index contributed by atoms with van der Waals surface area (Å²) in [5, 5.41) is 8.39. The summed E-state index contributed by atoms with van der Waals surface area (Å²) < 4.78 is 22.9. The molecule has 0 aliphatic heterocycles. The van der Waals surface area contributed by atoms with E-state index in [4.69, 9.17) is 10.9 Å². The number of rotatable bonds is 5. The maximum atomic E-state index is 11.5. The topological polar surface area (TPSA) is 98.2 Å². The predicted molar refractivity (Wildman–Crippen MR) is 88.1 cm³/mol. The average molecular weight is 325 g/mol. The summed E-state index contributed by atoms with van der Waals surface area (Å²) in [4.78, 5) is 2.49. The summed E-state index contributed by atoms with van der Waals surface area (Å²) in [5.41, 5.74) is 6.64. The van der Waals surface area contributed by atoms with Gasteiger partial charge < -0.3 is 11.1 Å². The number of hydrogen-bond acceptors (Lipinski definition) is 5. The van der Waals surface area contributed by atoms with E-state index < -0.39 is 10.0 Å². The Hall–Kier alpha value is -1.57. The molecule has 5 N–H and O–H groups in total. The number of thiophene rings is 1. The van der Waals surface area contributed by atoms with E-state index in [0.29, 0.717) is 5.69 Å². The van der Waals surface area contributed by atoms with E-state index in [0.717, 1.165) is 6.42 Å². The highest BCUT2D eigenvalue weighted by molar-refractivity contribution is 7.89. The van der Waals surface area contributed by atoms with Crippen LogP contribution in [-0.4, -0.2) is 14.5 Å². The fraction of sp³-hybridized carbons (Fsp3) is 0.286. The lowest BCUT2D eigenvalue weighted by Gasteiger charge is -2.17. The van der Waals surface area contributed by atoms with Crippen LogP contribution in [0.3, 0.4) is 0 Å². The van der Waals surface area contributed by atoms with Gasteiger partial charge in [0.2, 0.25) is 10.0 Å². The van der Waals surface area contributed by atoms with Crippen molar-refractivity contribution in [1.82, 2.24) is 0 Å². The lowest BCUT2D eigenvalue weighted by Crippen LogP contribution is -2.20. The van der Waals surface area contributed by atoms with Gasteiger partial charge in [0.15, 0.2) is 0 Å². The summed E-state index contributed by atoms with van der Waals surface area (Å²) in [6.45, 7) is 4.10. The number of sulfonamides is 1. The molecule has 1 atom stereocenters. The molecule has 7 heteroatoms. The van der Waals surface area contributed by atoms with Gasteiger partial charge >= 0.3 is 0 Å². The lowest BCUT2D eigenvalue weighted by molar-refractivity contribution is 0.598. The van der Waals surface area contributed by atoms with E-state index in [1.54, 1.807) is 23.5 Å². The minimum atomic E-state index is -3.81. The van der Waals surface area contributed by atoms with Gasteiger partial charge in [0.25, 0.3) is 0 Å². The summed E-state index contributed by atoms with van der Waals surface area (Å²) in [6, 6.07) is 9.09. The van der Waals surface area contributed by atoms with Gasteiger partial charge in [0.05, 0.1) is 11.4 Å². The first-order valence-electron chi connectivity index (χ1n) is 6.50. The maximum Gasteiger partial charge on any atom is 0.240 e. The highest BCUT2D eigenvalue weighted by atomic mass is 32.2. The van der Waals surface area contributed by atoms with E-state index in [9.17, 15) is 8.42 Å². The molecule has 21 heavy (non-hydrogen) atoms. The number of aryl methyl sites for hydroxylation is 1. The molecule has 1 aromatic carbocycles. The number of para-hydroxylation sites is 1. The standard InChI is InChI=1S/C14H19N3O2S2/c1-9(8-11-7-6-10(2)20-11)17-12-4-3-5-13(14(12)15)21(16,18)19/h3-7,9,17H,8,15H2,1-2H3,(H2,16,18,19). The highest BCUT2D eigenvalue weighted by Crippen LogP contribution is 2.27. The fourth-order valence-corrected chi connectivity index (χ4v) is 3.83. The molecule has 5 nitrogen and oxygen atoms in total. The van der Waals surface area contributed by atoms with Crippen LogP contribution in [0.15, 0.2) is 35.2 Å². The molecule has 0 saturated heterocycles. The predicted octanol–water partition coefficient (Wildman–Crippen LogP) is 2.33. The molecular weight excluding hydrogens is 306 g/mol. The van der Waals surface area contributed by atoms with Gasteiger partial charge in [-0.25, -0.2) is 13.6 Å². The van der Waals surface area contributed by atoms with Gasteiger partial charge in [-0.15, -0.1) is 11.3 Å². The molecular formula is C14H19N3O2S2. The molecule has 1 unspecified atom stereocenters. The van der Waals surface area contributed by atoms with Crippen LogP contribution in [0.2, 0.25) is 0 Å². The van der Waals surface area contributed by atoms with Crippen LogP contribution in [0.1, 0.15) is 16.7 Å². The molecule has 0 spiro atoms.